The Labute approximate surface area is 144 Å². The lowest BCUT2D eigenvalue weighted by Crippen LogP contribution is -2.27. The summed E-state index contributed by atoms with van der Waals surface area (Å²) in [6.07, 6.45) is 0. The Balaban J connectivity index is 2.43. The van der Waals surface area contributed by atoms with Crippen molar-refractivity contribution in [3.8, 4) is 5.75 Å². The molecule has 0 aliphatic heterocycles. The highest BCUT2D eigenvalue weighted by Gasteiger charge is 2.30. The van der Waals surface area contributed by atoms with Gasteiger partial charge in [0.1, 0.15) is 5.75 Å². The average molecular weight is 371 g/mol. The Morgan fingerprint density at radius 1 is 1.25 bits per heavy atom. The molecular formula is C15H15ClN2O5S. The second-order valence-electron chi connectivity index (χ2n) is 4.94. The number of methoxy groups -OCH3 is 1. The van der Waals surface area contributed by atoms with Crippen molar-refractivity contribution in [2.45, 2.75) is 11.4 Å². The average Bonchev–Trinajstić information content (AvgIpc) is 2.56. The van der Waals surface area contributed by atoms with Crippen LogP contribution in [0.1, 0.15) is 5.56 Å². The van der Waals surface area contributed by atoms with Crippen molar-refractivity contribution in [1.82, 2.24) is 4.31 Å². The number of nitrogens with zero attached hydrogens (tertiary/aromatic N) is 2. The molecule has 24 heavy (non-hydrogen) atoms. The zero-order chi connectivity index (χ0) is 17.9. The van der Waals surface area contributed by atoms with Crippen LogP contribution in [0.15, 0.2) is 47.4 Å². The topological polar surface area (TPSA) is 89.8 Å². The monoisotopic (exact) mass is 370 g/mol. The molecule has 0 aromatic heterocycles. The van der Waals surface area contributed by atoms with Gasteiger partial charge < -0.3 is 4.74 Å². The first kappa shape index (κ1) is 18.2. The van der Waals surface area contributed by atoms with Crippen LogP contribution in [0.25, 0.3) is 0 Å². The quantitative estimate of drug-likeness (QED) is 0.575. The van der Waals surface area contributed by atoms with E-state index in [4.69, 9.17) is 16.3 Å². The standard InChI is InChI=1S/C15H15ClN2O5S/c1-17(10-11-5-3-4-6-13(11)16)24(21,22)15-8-7-12(23-2)9-14(15)18(19)20/h3-9H,10H2,1-2H3. The summed E-state index contributed by atoms with van der Waals surface area (Å²) in [5.41, 5.74) is 0.0572. The van der Waals surface area contributed by atoms with Crippen molar-refractivity contribution >= 4 is 27.3 Å². The van der Waals surface area contributed by atoms with E-state index < -0.39 is 25.5 Å². The van der Waals surface area contributed by atoms with Crippen molar-refractivity contribution < 1.29 is 18.1 Å². The van der Waals surface area contributed by atoms with E-state index >= 15 is 0 Å². The number of benzene rings is 2. The summed E-state index contributed by atoms with van der Waals surface area (Å²) in [6, 6.07) is 10.4. The van der Waals surface area contributed by atoms with Crippen LogP contribution < -0.4 is 4.74 Å². The highest BCUT2D eigenvalue weighted by molar-refractivity contribution is 7.89. The fourth-order valence-electron chi connectivity index (χ4n) is 2.10. The number of hydrogen-bond acceptors (Lipinski definition) is 5. The van der Waals surface area contributed by atoms with Gasteiger partial charge in [0.2, 0.25) is 10.0 Å². The van der Waals surface area contributed by atoms with E-state index in [0.29, 0.717) is 10.6 Å². The first-order chi connectivity index (χ1) is 11.3. The van der Waals surface area contributed by atoms with Crippen LogP contribution in [0.3, 0.4) is 0 Å². The lowest BCUT2D eigenvalue weighted by atomic mass is 10.2. The number of hydrogen-bond donors (Lipinski definition) is 0. The lowest BCUT2D eigenvalue weighted by molar-refractivity contribution is -0.387. The Bertz CT molecular complexity index is 870. The molecule has 128 valence electrons. The van der Waals surface area contributed by atoms with Gasteiger partial charge in [0, 0.05) is 18.6 Å². The third kappa shape index (κ3) is 3.66. The second-order valence-corrected chi connectivity index (χ2v) is 7.36. The second kappa shape index (κ2) is 7.16. The van der Waals surface area contributed by atoms with Gasteiger partial charge in [-0.3, -0.25) is 10.1 Å². The Hall–Kier alpha value is -2.16. The molecule has 0 fully saturated rings. The number of nitro benzene ring substituents is 1. The van der Waals surface area contributed by atoms with Crippen molar-refractivity contribution in [2.24, 2.45) is 0 Å². The van der Waals surface area contributed by atoms with Gasteiger partial charge in [-0.15, -0.1) is 0 Å². The molecule has 7 nitrogen and oxygen atoms in total. The van der Waals surface area contributed by atoms with Gasteiger partial charge in [0.15, 0.2) is 4.90 Å². The molecule has 0 amide bonds. The molecule has 0 radical (unpaired) electrons. The molecule has 0 bridgehead atoms. The maximum Gasteiger partial charge on any atom is 0.293 e. The van der Waals surface area contributed by atoms with Crippen LogP contribution in [0, 0.1) is 10.1 Å². The van der Waals surface area contributed by atoms with Crippen molar-refractivity contribution in [3.05, 3.63) is 63.2 Å². The van der Waals surface area contributed by atoms with Gasteiger partial charge in [0.05, 0.1) is 18.1 Å². The summed E-state index contributed by atoms with van der Waals surface area (Å²) in [6.45, 7) is -0.00874. The molecule has 0 unspecified atom stereocenters. The van der Waals surface area contributed by atoms with E-state index in [-0.39, 0.29) is 12.3 Å². The predicted molar refractivity (Wildman–Crippen MR) is 89.8 cm³/mol. The summed E-state index contributed by atoms with van der Waals surface area (Å²) in [4.78, 5) is 10.1. The molecule has 2 rings (SSSR count). The van der Waals surface area contributed by atoms with E-state index in [1.807, 2.05) is 0 Å². The molecule has 2 aromatic carbocycles. The normalized spacial score (nSPS) is 11.5. The molecule has 0 aliphatic carbocycles. The molecule has 0 heterocycles. The minimum atomic E-state index is -4.08. The maximum atomic E-state index is 12.7. The minimum absolute atomic E-state index is 0.00874. The Kier molecular flexibility index (Phi) is 5.43. The summed E-state index contributed by atoms with van der Waals surface area (Å²) in [5.74, 6) is 0.203. The largest absolute Gasteiger partial charge is 0.497 e. The number of halogens is 1. The number of sulfonamides is 1. The SMILES string of the molecule is COc1ccc(S(=O)(=O)N(C)Cc2ccccc2Cl)c([N+](=O)[O-])c1. The molecular weight excluding hydrogens is 356 g/mol. The summed E-state index contributed by atoms with van der Waals surface area (Å²) >= 11 is 6.04. The third-order valence-electron chi connectivity index (χ3n) is 3.40. The highest BCUT2D eigenvalue weighted by Crippen LogP contribution is 2.31. The molecule has 9 heteroatoms. The van der Waals surface area contributed by atoms with Crippen LogP contribution in [0.4, 0.5) is 5.69 Å². The summed E-state index contributed by atoms with van der Waals surface area (Å²) in [5, 5.41) is 11.6. The van der Waals surface area contributed by atoms with E-state index in [0.717, 1.165) is 16.4 Å². The van der Waals surface area contributed by atoms with E-state index in [1.165, 1.54) is 20.2 Å². The van der Waals surface area contributed by atoms with Crippen molar-refractivity contribution in [3.63, 3.8) is 0 Å². The van der Waals surface area contributed by atoms with Crippen LogP contribution in [-0.2, 0) is 16.6 Å². The first-order valence-electron chi connectivity index (χ1n) is 6.79. The third-order valence-corrected chi connectivity index (χ3v) is 5.62. The Morgan fingerprint density at radius 2 is 1.92 bits per heavy atom. The zero-order valence-corrected chi connectivity index (χ0v) is 14.5. The molecule has 0 N–H and O–H groups in total. The maximum absolute atomic E-state index is 12.7. The molecule has 0 saturated heterocycles. The fourth-order valence-corrected chi connectivity index (χ4v) is 3.58. The van der Waals surface area contributed by atoms with Crippen LogP contribution in [-0.4, -0.2) is 31.8 Å². The van der Waals surface area contributed by atoms with Crippen LogP contribution in [0.2, 0.25) is 5.02 Å². The minimum Gasteiger partial charge on any atom is -0.497 e. The van der Waals surface area contributed by atoms with Crippen molar-refractivity contribution in [1.29, 1.82) is 0 Å². The predicted octanol–water partition coefficient (Wildman–Crippen LogP) is 3.08. The van der Waals surface area contributed by atoms with Crippen LogP contribution >= 0.6 is 11.6 Å². The summed E-state index contributed by atoms with van der Waals surface area (Å²) < 4.78 is 31.4. The van der Waals surface area contributed by atoms with E-state index in [9.17, 15) is 18.5 Å². The molecule has 0 saturated carbocycles. The Morgan fingerprint density at radius 3 is 2.50 bits per heavy atom. The fraction of sp³-hybridized carbons (Fsp3) is 0.200. The smallest absolute Gasteiger partial charge is 0.293 e. The van der Waals surface area contributed by atoms with Gasteiger partial charge >= 0.3 is 0 Å². The first-order valence-corrected chi connectivity index (χ1v) is 8.61. The molecule has 0 aliphatic rings. The summed E-state index contributed by atoms with van der Waals surface area (Å²) in [7, 11) is -1.39. The van der Waals surface area contributed by atoms with E-state index in [2.05, 4.69) is 0 Å². The zero-order valence-electron chi connectivity index (χ0n) is 13.0. The molecule has 2 aromatic rings. The van der Waals surface area contributed by atoms with Gasteiger partial charge in [-0.05, 0) is 23.8 Å². The van der Waals surface area contributed by atoms with Gasteiger partial charge in [-0.2, -0.15) is 4.31 Å². The van der Waals surface area contributed by atoms with Gasteiger partial charge in [-0.1, -0.05) is 29.8 Å². The highest BCUT2D eigenvalue weighted by atomic mass is 35.5. The van der Waals surface area contributed by atoms with Gasteiger partial charge in [0.25, 0.3) is 5.69 Å². The molecule has 0 atom stereocenters. The van der Waals surface area contributed by atoms with Gasteiger partial charge in [-0.25, -0.2) is 8.42 Å². The van der Waals surface area contributed by atoms with Crippen LogP contribution in [0.5, 0.6) is 5.75 Å². The molecule has 0 spiro atoms. The number of rotatable bonds is 6. The lowest BCUT2D eigenvalue weighted by Gasteiger charge is -2.18. The van der Waals surface area contributed by atoms with E-state index in [1.54, 1.807) is 24.3 Å². The number of ether oxygens (including phenoxy) is 1. The number of nitro groups is 1. The van der Waals surface area contributed by atoms with Crippen molar-refractivity contribution in [2.75, 3.05) is 14.2 Å².